The largest absolute Gasteiger partial charge is 0.377 e. The summed E-state index contributed by atoms with van der Waals surface area (Å²) in [6.45, 7) is 8.79. The van der Waals surface area contributed by atoms with Gasteiger partial charge >= 0.3 is 0 Å². The smallest absolute Gasteiger partial charge is 0.233 e. The molecule has 3 rings (SSSR count). The first-order valence-corrected chi connectivity index (χ1v) is 10.5. The van der Waals surface area contributed by atoms with Crippen molar-refractivity contribution in [2.45, 2.75) is 45.3 Å². The summed E-state index contributed by atoms with van der Waals surface area (Å²) in [4.78, 5) is 16.8. The van der Waals surface area contributed by atoms with Crippen LogP contribution in [0.1, 0.15) is 36.8 Å². The Morgan fingerprint density at radius 2 is 2.00 bits per heavy atom. The van der Waals surface area contributed by atoms with Gasteiger partial charge in [-0.3, -0.25) is 14.6 Å². The number of likely N-dealkylation sites (tertiary alicyclic amines) is 1. The number of nitrogens with one attached hydrogen (secondary N) is 1. The molecule has 1 amide bonds. The number of aryl methyl sites for hydroxylation is 1. The molecule has 1 aromatic carbocycles. The van der Waals surface area contributed by atoms with Gasteiger partial charge in [0.05, 0.1) is 12.6 Å². The maximum Gasteiger partial charge on any atom is 0.233 e. The van der Waals surface area contributed by atoms with E-state index >= 15 is 0 Å². The minimum absolute atomic E-state index is 0.102. The third kappa shape index (κ3) is 6.30. The lowest BCUT2D eigenvalue weighted by Gasteiger charge is -2.35. The molecule has 2 fully saturated rings. The zero-order valence-electron chi connectivity index (χ0n) is 17.0. The predicted octanol–water partition coefficient (Wildman–Crippen LogP) is 2.43. The highest BCUT2D eigenvalue weighted by Crippen LogP contribution is 2.22. The average Bonchev–Trinajstić information content (AvgIpc) is 3.18. The Hall–Kier alpha value is -1.43. The standard InChI is InChI=1S/C22H35N3O2/c1-18-6-3-4-7-20(18)15-24-11-9-19(10-12-24)14-25(17-22(26)23-2)16-21-8-5-13-27-21/h3-4,6-7,19,21H,5,8-17H2,1-2H3,(H,23,26). The monoisotopic (exact) mass is 373 g/mol. The number of carbonyl (C=O) groups is 1. The Balaban J connectivity index is 1.47. The van der Waals surface area contributed by atoms with Crippen LogP contribution in [-0.2, 0) is 16.1 Å². The van der Waals surface area contributed by atoms with Gasteiger partial charge < -0.3 is 10.1 Å². The Morgan fingerprint density at radius 1 is 1.22 bits per heavy atom. The predicted molar refractivity (Wildman–Crippen MR) is 109 cm³/mol. The van der Waals surface area contributed by atoms with E-state index in [0.29, 0.717) is 18.6 Å². The van der Waals surface area contributed by atoms with Crippen LogP contribution in [0.15, 0.2) is 24.3 Å². The van der Waals surface area contributed by atoms with E-state index in [2.05, 4.69) is 46.3 Å². The Labute approximate surface area is 164 Å². The Morgan fingerprint density at radius 3 is 2.67 bits per heavy atom. The van der Waals surface area contributed by atoms with E-state index in [0.717, 1.165) is 52.2 Å². The number of carbonyl (C=O) groups excluding carboxylic acids is 1. The molecule has 2 saturated heterocycles. The van der Waals surface area contributed by atoms with Gasteiger partial charge in [0.25, 0.3) is 0 Å². The zero-order chi connectivity index (χ0) is 19.1. The number of piperidine rings is 1. The molecule has 0 aliphatic carbocycles. The fourth-order valence-corrected chi connectivity index (χ4v) is 4.28. The summed E-state index contributed by atoms with van der Waals surface area (Å²) in [6.07, 6.45) is 4.99. The molecule has 0 bridgehead atoms. The average molecular weight is 374 g/mol. The van der Waals surface area contributed by atoms with E-state index < -0.39 is 0 Å². The van der Waals surface area contributed by atoms with Gasteiger partial charge in [-0.05, 0) is 62.7 Å². The summed E-state index contributed by atoms with van der Waals surface area (Å²) >= 11 is 0. The van der Waals surface area contributed by atoms with E-state index in [9.17, 15) is 4.79 Å². The summed E-state index contributed by atoms with van der Waals surface area (Å²) in [5.41, 5.74) is 2.82. The number of rotatable bonds is 8. The molecule has 5 heteroatoms. The summed E-state index contributed by atoms with van der Waals surface area (Å²) in [5.74, 6) is 0.772. The molecule has 2 heterocycles. The van der Waals surface area contributed by atoms with Crippen LogP contribution in [-0.4, -0.2) is 68.2 Å². The number of ether oxygens (including phenoxy) is 1. The lowest BCUT2D eigenvalue weighted by atomic mass is 9.95. The maximum atomic E-state index is 11.9. The molecule has 2 aliphatic rings. The van der Waals surface area contributed by atoms with E-state index in [1.165, 1.54) is 24.0 Å². The molecule has 27 heavy (non-hydrogen) atoms. The first kappa shape index (κ1) is 20.3. The second-order valence-electron chi connectivity index (χ2n) is 8.15. The SMILES string of the molecule is CNC(=O)CN(CC1CCN(Cc2ccccc2C)CC1)CC1CCCO1. The number of benzene rings is 1. The third-order valence-electron chi connectivity index (χ3n) is 6.01. The second-order valence-corrected chi connectivity index (χ2v) is 8.15. The van der Waals surface area contributed by atoms with Gasteiger partial charge in [-0.25, -0.2) is 0 Å². The second kappa shape index (κ2) is 10.2. The molecule has 150 valence electrons. The van der Waals surface area contributed by atoms with Gasteiger partial charge in [-0.2, -0.15) is 0 Å². The molecule has 0 radical (unpaired) electrons. The van der Waals surface area contributed by atoms with Crippen molar-refractivity contribution < 1.29 is 9.53 Å². The molecule has 2 aliphatic heterocycles. The molecule has 5 nitrogen and oxygen atoms in total. The normalized spacial score (nSPS) is 21.7. The summed E-state index contributed by atoms with van der Waals surface area (Å²) in [5, 5.41) is 2.77. The third-order valence-corrected chi connectivity index (χ3v) is 6.01. The summed E-state index contributed by atoms with van der Waals surface area (Å²) in [7, 11) is 1.72. The first-order valence-electron chi connectivity index (χ1n) is 10.5. The van der Waals surface area contributed by atoms with Gasteiger partial charge in [0, 0.05) is 33.3 Å². The van der Waals surface area contributed by atoms with Crippen molar-refractivity contribution in [3.8, 4) is 0 Å². The molecular formula is C22H35N3O2. The van der Waals surface area contributed by atoms with Crippen molar-refractivity contribution in [2.75, 3.05) is 46.4 Å². The molecule has 1 N–H and O–H groups in total. The zero-order valence-corrected chi connectivity index (χ0v) is 17.0. The van der Waals surface area contributed by atoms with Crippen LogP contribution in [0.4, 0.5) is 0 Å². The number of nitrogens with zero attached hydrogens (tertiary/aromatic N) is 2. The lowest BCUT2D eigenvalue weighted by Crippen LogP contribution is -2.44. The van der Waals surface area contributed by atoms with E-state index in [4.69, 9.17) is 4.74 Å². The highest BCUT2D eigenvalue weighted by molar-refractivity contribution is 5.77. The van der Waals surface area contributed by atoms with Crippen molar-refractivity contribution in [3.63, 3.8) is 0 Å². The lowest BCUT2D eigenvalue weighted by molar-refractivity contribution is -0.122. The van der Waals surface area contributed by atoms with Gasteiger partial charge in [0.15, 0.2) is 0 Å². The van der Waals surface area contributed by atoms with E-state index in [1.54, 1.807) is 7.05 Å². The van der Waals surface area contributed by atoms with Crippen molar-refractivity contribution in [1.29, 1.82) is 0 Å². The molecule has 1 atom stereocenters. The Kier molecular flexibility index (Phi) is 7.68. The van der Waals surface area contributed by atoms with Gasteiger partial charge in [0.2, 0.25) is 5.91 Å². The number of likely N-dealkylation sites (N-methyl/N-ethyl adjacent to an activating group) is 1. The number of hydrogen-bond acceptors (Lipinski definition) is 4. The molecule has 0 aromatic heterocycles. The first-order chi connectivity index (χ1) is 13.1. The molecular weight excluding hydrogens is 338 g/mol. The van der Waals surface area contributed by atoms with Crippen molar-refractivity contribution >= 4 is 5.91 Å². The van der Waals surface area contributed by atoms with Crippen LogP contribution in [0.2, 0.25) is 0 Å². The van der Waals surface area contributed by atoms with Crippen LogP contribution in [0.5, 0.6) is 0 Å². The van der Waals surface area contributed by atoms with Gasteiger partial charge in [-0.1, -0.05) is 24.3 Å². The van der Waals surface area contributed by atoms with Crippen molar-refractivity contribution in [1.82, 2.24) is 15.1 Å². The quantitative estimate of drug-likeness (QED) is 0.760. The molecule has 1 unspecified atom stereocenters. The molecule has 0 spiro atoms. The van der Waals surface area contributed by atoms with Crippen molar-refractivity contribution in [3.05, 3.63) is 35.4 Å². The molecule has 0 saturated carbocycles. The fraction of sp³-hybridized carbons (Fsp3) is 0.682. The molecule has 1 aromatic rings. The van der Waals surface area contributed by atoms with Crippen LogP contribution in [0.25, 0.3) is 0 Å². The topological polar surface area (TPSA) is 44.8 Å². The van der Waals surface area contributed by atoms with Crippen LogP contribution >= 0.6 is 0 Å². The van der Waals surface area contributed by atoms with Gasteiger partial charge in [0.1, 0.15) is 0 Å². The highest BCUT2D eigenvalue weighted by Gasteiger charge is 2.25. The summed E-state index contributed by atoms with van der Waals surface area (Å²) in [6, 6.07) is 8.69. The minimum atomic E-state index is 0.102. The Bertz CT molecular complexity index is 593. The van der Waals surface area contributed by atoms with E-state index in [1.807, 2.05) is 0 Å². The van der Waals surface area contributed by atoms with Gasteiger partial charge in [-0.15, -0.1) is 0 Å². The van der Waals surface area contributed by atoms with Crippen LogP contribution < -0.4 is 5.32 Å². The minimum Gasteiger partial charge on any atom is -0.377 e. The number of amides is 1. The summed E-state index contributed by atoms with van der Waals surface area (Å²) < 4.78 is 5.80. The van der Waals surface area contributed by atoms with Crippen molar-refractivity contribution in [2.24, 2.45) is 5.92 Å². The highest BCUT2D eigenvalue weighted by atomic mass is 16.5. The van der Waals surface area contributed by atoms with Crippen LogP contribution in [0.3, 0.4) is 0 Å². The maximum absolute atomic E-state index is 11.9. The van der Waals surface area contributed by atoms with E-state index in [-0.39, 0.29) is 5.91 Å². The fourth-order valence-electron chi connectivity index (χ4n) is 4.28. The number of hydrogen-bond donors (Lipinski definition) is 1. The van der Waals surface area contributed by atoms with Crippen LogP contribution in [0, 0.1) is 12.8 Å².